The zero-order chi connectivity index (χ0) is 19.6. The van der Waals surface area contributed by atoms with E-state index in [2.05, 4.69) is 33.3 Å². The minimum Gasteiger partial charge on any atom is -0.454 e. The molecule has 1 atom stereocenters. The third-order valence-corrected chi connectivity index (χ3v) is 6.17. The number of nitrogens with one attached hydrogen (secondary N) is 1. The molecule has 2 aromatic carbocycles. The van der Waals surface area contributed by atoms with Gasteiger partial charge in [-0.25, -0.2) is 0 Å². The van der Waals surface area contributed by atoms with Crippen molar-refractivity contribution >= 4 is 11.6 Å². The molecule has 1 fully saturated rings. The van der Waals surface area contributed by atoms with Crippen LogP contribution in [-0.4, -0.2) is 55.2 Å². The Hall–Kier alpha value is -2.57. The van der Waals surface area contributed by atoms with Crippen molar-refractivity contribution in [3.8, 4) is 11.5 Å². The topological polar surface area (TPSA) is 54.0 Å². The van der Waals surface area contributed by atoms with Crippen LogP contribution < -0.4 is 14.8 Å². The first kappa shape index (κ1) is 18.5. The average molecular weight is 393 g/mol. The Morgan fingerprint density at radius 3 is 2.76 bits per heavy atom. The summed E-state index contributed by atoms with van der Waals surface area (Å²) in [5.41, 5.74) is 3.40. The lowest BCUT2D eigenvalue weighted by atomic mass is 9.97. The number of ether oxygens (including phenoxy) is 2. The number of fused-ring (bicyclic) bond motifs is 2. The number of benzene rings is 2. The van der Waals surface area contributed by atoms with E-state index in [-0.39, 0.29) is 11.8 Å². The van der Waals surface area contributed by atoms with E-state index in [1.54, 1.807) is 0 Å². The van der Waals surface area contributed by atoms with Crippen molar-refractivity contribution in [2.24, 2.45) is 0 Å². The predicted octanol–water partition coefficient (Wildman–Crippen LogP) is 3.05. The lowest BCUT2D eigenvalue weighted by molar-refractivity contribution is -0.117. The number of nitrogens with zero attached hydrogens (tertiary/aromatic N) is 2. The van der Waals surface area contributed by atoms with Gasteiger partial charge in [0.2, 0.25) is 12.7 Å². The zero-order valence-corrected chi connectivity index (χ0v) is 16.6. The Kier molecular flexibility index (Phi) is 5.12. The average Bonchev–Trinajstić information content (AvgIpc) is 3.24. The first-order valence-electron chi connectivity index (χ1n) is 10.5. The van der Waals surface area contributed by atoms with Crippen LogP contribution in [-0.2, 0) is 11.3 Å². The fraction of sp³-hybridized carbons (Fsp3) is 0.435. The standard InChI is InChI=1S/C23H27N3O3/c27-23-19(18-4-1-2-5-20(18)24-23)8-11-25-9-3-10-26(13-12-25)15-17-6-7-21-22(14-17)29-16-28-21/h1-2,4-7,14,19H,3,8-13,15-16H2,(H,24,27). The van der Waals surface area contributed by atoms with E-state index >= 15 is 0 Å². The maximum absolute atomic E-state index is 12.4. The molecule has 6 nitrogen and oxygen atoms in total. The maximum atomic E-state index is 12.4. The van der Waals surface area contributed by atoms with Crippen LogP contribution in [0.3, 0.4) is 0 Å². The van der Waals surface area contributed by atoms with Gasteiger partial charge < -0.3 is 19.7 Å². The quantitative estimate of drug-likeness (QED) is 0.846. The molecule has 0 aromatic heterocycles. The SMILES string of the molecule is O=C1Nc2ccccc2C1CCN1CCCN(Cc2ccc3c(c2)OCO3)CC1. The third-order valence-electron chi connectivity index (χ3n) is 6.17. The van der Waals surface area contributed by atoms with Crippen molar-refractivity contribution in [3.05, 3.63) is 53.6 Å². The normalized spacial score (nSPS) is 21.7. The monoisotopic (exact) mass is 393 g/mol. The van der Waals surface area contributed by atoms with Crippen LogP contribution in [0.25, 0.3) is 0 Å². The molecule has 29 heavy (non-hydrogen) atoms. The van der Waals surface area contributed by atoms with Crippen molar-refractivity contribution in [1.29, 1.82) is 0 Å². The first-order valence-corrected chi connectivity index (χ1v) is 10.5. The molecular formula is C23H27N3O3. The van der Waals surface area contributed by atoms with Crippen LogP contribution in [0, 0.1) is 0 Å². The summed E-state index contributed by atoms with van der Waals surface area (Å²) in [6.07, 6.45) is 2.03. The Morgan fingerprint density at radius 2 is 1.79 bits per heavy atom. The number of anilines is 1. The second-order valence-electron chi connectivity index (χ2n) is 8.08. The number of amides is 1. The predicted molar refractivity (Wildman–Crippen MR) is 111 cm³/mol. The fourth-order valence-electron chi connectivity index (χ4n) is 4.58. The van der Waals surface area contributed by atoms with Crippen LogP contribution in [0.5, 0.6) is 11.5 Å². The summed E-state index contributed by atoms with van der Waals surface area (Å²) in [4.78, 5) is 17.4. The molecule has 1 saturated heterocycles. The highest BCUT2D eigenvalue weighted by atomic mass is 16.7. The maximum Gasteiger partial charge on any atom is 0.232 e. The first-order chi connectivity index (χ1) is 14.3. The van der Waals surface area contributed by atoms with Crippen LogP contribution >= 0.6 is 0 Å². The van der Waals surface area contributed by atoms with Crippen LogP contribution in [0.4, 0.5) is 5.69 Å². The van der Waals surface area contributed by atoms with Crippen molar-refractivity contribution in [2.75, 3.05) is 44.8 Å². The number of para-hydroxylation sites is 1. The van der Waals surface area contributed by atoms with Gasteiger partial charge in [0.1, 0.15) is 0 Å². The van der Waals surface area contributed by atoms with Gasteiger partial charge in [-0.2, -0.15) is 0 Å². The van der Waals surface area contributed by atoms with E-state index in [4.69, 9.17) is 9.47 Å². The van der Waals surface area contributed by atoms with Crippen LogP contribution in [0.2, 0.25) is 0 Å². The third kappa shape index (κ3) is 3.95. The number of carbonyl (C=O) groups excluding carboxylic acids is 1. The van der Waals surface area contributed by atoms with Gasteiger partial charge in [-0.3, -0.25) is 9.69 Å². The highest BCUT2D eigenvalue weighted by Crippen LogP contribution is 2.35. The molecule has 1 unspecified atom stereocenters. The fourth-order valence-corrected chi connectivity index (χ4v) is 4.58. The number of carbonyl (C=O) groups is 1. The molecule has 3 heterocycles. The summed E-state index contributed by atoms with van der Waals surface area (Å²) in [5.74, 6) is 1.83. The second-order valence-corrected chi connectivity index (χ2v) is 8.08. The van der Waals surface area contributed by atoms with Crippen molar-refractivity contribution in [1.82, 2.24) is 9.80 Å². The minimum atomic E-state index is -0.0146. The molecule has 0 spiro atoms. The Labute approximate surface area is 171 Å². The van der Waals surface area contributed by atoms with Crippen molar-refractivity contribution in [3.63, 3.8) is 0 Å². The van der Waals surface area contributed by atoms with Crippen molar-refractivity contribution < 1.29 is 14.3 Å². The Balaban J connectivity index is 1.14. The zero-order valence-electron chi connectivity index (χ0n) is 16.6. The molecule has 0 bridgehead atoms. The van der Waals surface area contributed by atoms with Gasteiger partial charge in [-0.05, 0) is 61.8 Å². The lowest BCUT2D eigenvalue weighted by Crippen LogP contribution is -2.32. The van der Waals surface area contributed by atoms with E-state index in [1.165, 1.54) is 5.56 Å². The van der Waals surface area contributed by atoms with Crippen LogP contribution in [0.15, 0.2) is 42.5 Å². The molecule has 152 valence electrons. The van der Waals surface area contributed by atoms with Gasteiger partial charge in [-0.1, -0.05) is 24.3 Å². The molecule has 3 aliphatic heterocycles. The van der Waals surface area contributed by atoms with Gasteiger partial charge in [-0.15, -0.1) is 0 Å². The summed E-state index contributed by atoms with van der Waals surface area (Å²) < 4.78 is 10.9. The largest absolute Gasteiger partial charge is 0.454 e. The molecule has 0 aliphatic carbocycles. The summed E-state index contributed by atoms with van der Waals surface area (Å²) >= 11 is 0. The molecule has 1 N–H and O–H groups in total. The smallest absolute Gasteiger partial charge is 0.232 e. The van der Waals surface area contributed by atoms with E-state index in [0.29, 0.717) is 6.79 Å². The minimum absolute atomic E-state index is 0.0146. The summed E-state index contributed by atoms with van der Waals surface area (Å²) in [7, 11) is 0. The molecule has 6 heteroatoms. The summed E-state index contributed by atoms with van der Waals surface area (Å²) in [5, 5.41) is 3.01. The van der Waals surface area contributed by atoms with Gasteiger partial charge in [0.15, 0.2) is 11.5 Å². The molecule has 5 rings (SSSR count). The van der Waals surface area contributed by atoms with E-state index in [0.717, 1.165) is 74.9 Å². The number of rotatable bonds is 5. The van der Waals surface area contributed by atoms with E-state index < -0.39 is 0 Å². The van der Waals surface area contributed by atoms with Crippen molar-refractivity contribution in [2.45, 2.75) is 25.3 Å². The molecule has 2 aromatic rings. The Morgan fingerprint density at radius 1 is 0.966 bits per heavy atom. The summed E-state index contributed by atoms with van der Waals surface area (Å²) in [6, 6.07) is 14.3. The molecule has 0 radical (unpaired) electrons. The molecule has 3 aliphatic rings. The highest BCUT2D eigenvalue weighted by Gasteiger charge is 2.30. The number of hydrogen-bond donors (Lipinski definition) is 1. The van der Waals surface area contributed by atoms with E-state index in [1.807, 2.05) is 24.3 Å². The Bertz CT molecular complexity index is 901. The lowest BCUT2D eigenvalue weighted by Gasteiger charge is -2.23. The molecule has 1 amide bonds. The summed E-state index contributed by atoms with van der Waals surface area (Å²) in [6.45, 7) is 6.49. The van der Waals surface area contributed by atoms with Gasteiger partial charge in [0.25, 0.3) is 0 Å². The molecular weight excluding hydrogens is 366 g/mol. The van der Waals surface area contributed by atoms with Gasteiger partial charge in [0.05, 0.1) is 5.92 Å². The van der Waals surface area contributed by atoms with Gasteiger partial charge >= 0.3 is 0 Å². The molecule has 0 saturated carbocycles. The second kappa shape index (κ2) is 8.05. The number of hydrogen-bond acceptors (Lipinski definition) is 5. The van der Waals surface area contributed by atoms with E-state index in [9.17, 15) is 4.79 Å². The van der Waals surface area contributed by atoms with Gasteiger partial charge in [0, 0.05) is 25.3 Å². The highest BCUT2D eigenvalue weighted by molar-refractivity contribution is 6.02. The van der Waals surface area contributed by atoms with Crippen LogP contribution in [0.1, 0.15) is 29.9 Å².